The molecule has 0 fully saturated rings. The first-order valence-electron chi connectivity index (χ1n) is 11.7. The number of rotatable bonds is 9. The number of fused-ring (bicyclic) bond motifs is 1. The summed E-state index contributed by atoms with van der Waals surface area (Å²) in [5, 5.41) is 15.7. The van der Waals surface area contributed by atoms with E-state index in [0.29, 0.717) is 17.8 Å². The minimum Gasteiger partial charge on any atom is -0.478 e. The second kappa shape index (κ2) is 11.7. The third-order valence-corrected chi connectivity index (χ3v) is 6.64. The summed E-state index contributed by atoms with van der Waals surface area (Å²) in [6.45, 7) is 2.50. The van der Waals surface area contributed by atoms with Crippen molar-refractivity contribution in [3.05, 3.63) is 89.2 Å². The molecule has 3 aromatic rings. The average molecular weight is 521 g/mol. The Kier molecular flexibility index (Phi) is 8.19. The third kappa shape index (κ3) is 6.34. The summed E-state index contributed by atoms with van der Waals surface area (Å²) < 4.78 is 13.1. The molecule has 1 aliphatic heterocycles. The van der Waals surface area contributed by atoms with E-state index in [9.17, 15) is 18.8 Å². The number of thioether (sulfide) groups is 1. The second-order valence-electron chi connectivity index (χ2n) is 8.27. The van der Waals surface area contributed by atoms with Gasteiger partial charge < -0.3 is 15.3 Å². The van der Waals surface area contributed by atoms with Crippen molar-refractivity contribution < 1.29 is 23.9 Å². The van der Waals surface area contributed by atoms with Gasteiger partial charge in [0.2, 0.25) is 0 Å². The van der Waals surface area contributed by atoms with Gasteiger partial charge in [-0.3, -0.25) is 4.79 Å². The number of hydrogen-bond donors (Lipinski definition) is 3. The average Bonchev–Trinajstić information content (AvgIpc) is 3.14. The van der Waals surface area contributed by atoms with E-state index in [-0.39, 0.29) is 17.2 Å². The van der Waals surface area contributed by atoms with E-state index in [0.717, 1.165) is 34.7 Å². The Labute approximate surface area is 217 Å². The van der Waals surface area contributed by atoms with Gasteiger partial charge in [0.1, 0.15) is 5.82 Å². The Bertz CT molecular complexity index is 1340. The molecule has 0 saturated carbocycles. The van der Waals surface area contributed by atoms with Crippen molar-refractivity contribution in [1.29, 1.82) is 0 Å². The van der Waals surface area contributed by atoms with Crippen LogP contribution < -0.4 is 15.6 Å². The van der Waals surface area contributed by atoms with Crippen LogP contribution in [0.2, 0.25) is 0 Å². The van der Waals surface area contributed by atoms with Crippen LogP contribution in [0.4, 0.5) is 20.6 Å². The molecule has 4 rings (SSSR count). The predicted octanol–water partition coefficient (Wildman–Crippen LogP) is 5.14. The van der Waals surface area contributed by atoms with Crippen LogP contribution in [0, 0.1) is 5.82 Å². The lowest BCUT2D eigenvalue weighted by molar-refractivity contribution is -0.112. The van der Waals surface area contributed by atoms with Gasteiger partial charge in [-0.1, -0.05) is 19.1 Å². The molecule has 8 nitrogen and oxygen atoms in total. The van der Waals surface area contributed by atoms with E-state index < -0.39 is 17.8 Å². The maximum atomic E-state index is 13.1. The SMILES string of the molecule is CCCN1C(=O)/C(=N/NC(=O)Nc2ccc(F)cc2)c2cc(SCCc3ccc(C(=O)O)cc3)ccc21. The number of nitrogens with one attached hydrogen (secondary N) is 2. The van der Waals surface area contributed by atoms with Gasteiger partial charge in [0, 0.05) is 28.4 Å². The number of anilines is 2. The molecule has 0 aliphatic carbocycles. The Balaban J connectivity index is 1.46. The molecule has 3 amide bonds. The number of carbonyl (C=O) groups excluding carboxylic acids is 2. The number of carbonyl (C=O) groups is 3. The van der Waals surface area contributed by atoms with Crippen LogP contribution in [0.25, 0.3) is 0 Å². The number of hydrazone groups is 1. The number of carboxylic acid groups (broad SMARTS) is 1. The molecule has 0 spiro atoms. The number of amides is 3. The lowest BCUT2D eigenvalue weighted by Crippen LogP contribution is -2.33. The van der Waals surface area contributed by atoms with Crippen LogP contribution in [-0.2, 0) is 11.2 Å². The number of urea groups is 1. The van der Waals surface area contributed by atoms with Gasteiger partial charge in [-0.15, -0.1) is 11.8 Å². The minimum absolute atomic E-state index is 0.143. The Morgan fingerprint density at radius 1 is 1.05 bits per heavy atom. The van der Waals surface area contributed by atoms with Crippen molar-refractivity contribution in [2.45, 2.75) is 24.7 Å². The third-order valence-electron chi connectivity index (χ3n) is 5.64. The zero-order valence-corrected chi connectivity index (χ0v) is 20.8. The molecule has 0 atom stereocenters. The van der Waals surface area contributed by atoms with Crippen LogP contribution in [0.5, 0.6) is 0 Å². The van der Waals surface area contributed by atoms with E-state index in [1.54, 1.807) is 40.9 Å². The second-order valence-corrected chi connectivity index (χ2v) is 9.44. The summed E-state index contributed by atoms with van der Waals surface area (Å²) >= 11 is 1.61. The number of hydrogen-bond acceptors (Lipinski definition) is 5. The smallest absolute Gasteiger partial charge is 0.339 e. The normalized spacial score (nSPS) is 13.5. The van der Waals surface area contributed by atoms with Crippen LogP contribution >= 0.6 is 11.8 Å². The molecule has 0 unspecified atom stereocenters. The van der Waals surface area contributed by atoms with Crippen molar-refractivity contribution in [3.63, 3.8) is 0 Å². The largest absolute Gasteiger partial charge is 0.478 e. The topological polar surface area (TPSA) is 111 Å². The van der Waals surface area contributed by atoms with Crippen molar-refractivity contribution >= 4 is 46.8 Å². The molecule has 0 bridgehead atoms. The number of aryl methyl sites for hydroxylation is 1. The highest BCUT2D eigenvalue weighted by Crippen LogP contribution is 2.33. The van der Waals surface area contributed by atoms with Gasteiger partial charge in [0.05, 0.1) is 11.3 Å². The molecule has 37 heavy (non-hydrogen) atoms. The van der Waals surface area contributed by atoms with Gasteiger partial charge in [-0.25, -0.2) is 19.4 Å². The molecule has 10 heteroatoms. The monoisotopic (exact) mass is 520 g/mol. The van der Waals surface area contributed by atoms with E-state index in [2.05, 4.69) is 15.8 Å². The molecule has 0 aromatic heterocycles. The van der Waals surface area contributed by atoms with Crippen LogP contribution in [-0.4, -0.2) is 41.0 Å². The van der Waals surface area contributed by atoms with E-state index in [1.165, 1.54) is 24.3 Å². The molecule has 3 N–H and O–H groups in total. The Hall–Kier alpha value is -4.18. The number of aromatic carboxylic acids is 1. The zero-order chi connectivity index (χ0) is 26.4. The van der Waals surface area contributed by atoms with Gasteiger partial charge in [-0.05, 0) is 73.0 Å². The molecular formula is C27H25FN4O4S. The lowest BCUT2D eigenvalue weighted by Gasteiger charge is -2.15. The van der Waals surface area contributed by atoms with Crippen LogP contribution in [0.1, 0.15) is 34.8 Å². The first kappa shape index (κ1) is 25.9. The lowest BCUT2D eigenvalue weighted by atomic mass is 10.1. The number of halogens is 1. The maximum Gasteiger partial charge on any atom is 0.339 e. The number of carboxylic acids is 1. The van der Waals surface area contributed by atoms with E-state index in [4.69, 9.17) is 5.11 Å². The number of benzene rings is 3. The molecule has 3 aromatic carbocycles. The van der Waals surface area contributed by atoms with Crippen molar-refractivity contribution in [2.24, 2.45) is 5.10 Å². The fraction of sp³-hybridized carbons (Fsp3) is 0.185. The quantitative estimate of drug-likeness (QED) is 0.267. The summed E-state index contributed by atoms with van der Waals surface area (Å²) in [6, 6.07) is 17.2. The van der Waals surface area contributed by atoms with Gasteiger partial charge in [-0.2, -0.15) is 5.10 Å². The standard InChI is InChI=1S/C27H25FN4O4S/c1-2-14-32-23-12-11-21(37-15-13-17-3-5-18(6-4-17)26(34)35)16-22(23)24(25(32)33)30-31-27(36)29-20-9-7-19(28)8-10-20/h3-12,16H,2,13-15H2,1H3,(H,34,35)(H2,29,31,36)/b30-24+. The molecule has 0 saturated heterocycles. The van der Waals surface area contributed by atoms with Gasteiger partial charge >= 0.3 is 12.0 Å². The van der Waals surface area contributed by atoms with Crippen molar-refractivity contribution in [1.82, 2.24) is 5.43 Å². The van der Waals surface area contributed by atoms with Crippen LogP contribution in [0.15, 0.2) is 76.7 Å². The minimum atomic E-state index is -0.953. The Morgan fingerprint density at radius 2 is 1.78 bits per heavy atom. The Morgan fingerprint density at radius 3 is 2.46 bits per heavy atom. The molecule has 0 radical (unpaired) electrons. The molecule has 1 aliphatic rings. The predicted molar refractivity (Wildman–Crippen MR) is 142 cm³/mol. The van der Waals surface area contributed by atoms with Gasteiger partial charge in [0.15, 0.2) is 5.71 Å². The first-order valence-corrected chi connectivity index (χ1v) is 12.7. The zero-order valence-electron chi connectivity index (χ0n) is 20.0. The van der Waals surface area contributed by atoms with Crippen molar-refractivity contribution in [3.8, 4) is 0 Å². The van der Waals surface area contributed by atoms with E-state index >= 15 is 0 Å². The highest BCUT2D eigenvalue weighted by Gasteiger charge is 2.34. The van der Waals surface area contributed by atoms with E-state index in [1.807, 2.05) is 25.1 Å². The van der Waals surface area contributed by atoms with Crippen molar-refractivity contribution in [2.75, 3.05) is 22.5 Å². The summed E-state index contributed by atoms with van der Waals surface area (Å²) in [7, 11) is 0. The van der Waals surface area contributed by atoms with Gasteiger partial charge in [0.25, 0.3) is 5.91 Å². The molecular weight excluding hydrogens is 495 g/mol. The number of nitrogens with zero attached hydrogens (tertiary/aromatic N) is 2. The fourth-order valence-electron chi connectivity index (χ4n) is 3.84. The summed E-state index contributed by atoms with van der Waals surface area (Å²) in [5.74, 6) is -0.909. The first-order chi connectivity index (χ1) is 17.9. The highest BCUT2D eigenvalue weighted by molar-refractivity contribution is 7.99. The molecule has 1 heterocycles. The fourth-order valence-corrected chi connectivity index (χ4v) is 4.77. The maximum absolute atomic E-state index is 13.1. The summed E-state index contributed by atoms with van der Waals surface area (Å²) in [5.41, 5.74) is 5.55. The molecule has 190 valence electrons. The summed E-state index contributed by atoms with van der Waals surface area (Å²) in [6.07, 6.45) is 1.50. The van der Waals surface area contributed by atoms with Crippen LogP contribution in [0.3, 0.4) is 0 Å². The highest BCUT2D eigenvalue weighted by atomic mass is 32.2. The summed E-state index contributed by atoms with van der Waals surface area (Å²) in [4.78, 5) is 39.0.